The van der Waals surface area contributed by atoms with Gasteiger partial charge in [-0.05, 0) is 59.4 Å². The molecule has 0 aliphatic carbocycles. The topological polar surface area (TPSA) is 45.1 Å². The molecule has 0 saturated heterocycles. The zero-order chi connectivity index (χ0) is 24.1. The standard InChI is InChI=1S/C28H33N3O2/c1-8-11-24(29-10-3)19(4)17-31-18-23-22(14-15-26(33-7)27(23)28(31)32)21-13-12-20(9-2)25(16-21)30(5)6/h8,10-16H,1,4,9,17-18H2,2-3,5-7H3/b24-11-,29-10?. The predicted molar refractivity (Wildman–Crippen MR) is 138 cm³/mol. The molecule has 2 aromatic carbocycles. The second-order valence-corrected chi connectivity index (χ2v) is 8.20. The molecule has 0 aromatic heterocycles. The Balaban J connectivity index is 2.03. The Kier molecular flexibility index (Phi) is 7.54. The highest BCUT2D eigenvalue weighted by Gasteiger charge is 2.33. The van der Waals surface area contributed by atoms with Gasteiger partial charge in [-0.2, -0.15) is 0 Å². The van der Waals surface area contributed by atoms with Gasteiger partial charge in [0.25, 0.3) is 5.91 Å². The molecule has 2 aromatic rings. The molecule has 3 rings (SSSR count). The number of aliphatic imine (C=N–C) groups is 1. The number of ether oxygens (including phenoxy) is 1. The number of amides is 1. The van der Waals surface area contributed by atoms with Crippen molar-refractivity contribution in [2.75, 3.05) is 32.6 Å². The number of anilines is 1. The van der Waals surface area contributed by atoms with E-state index in [1.54, 1.807) is 30.4 Å². The Morgan fingerprint density at radius 1 is 1.27 bits per heavy atom. The summed E-state index contributed by atoms with van der Waals surface area (Å²) >= 11 is 0. The first kappa shape index (κ1) is 24.1. The number of aryl methyl sites for hydroxylation is 1. The van der Waals surface area contributed by atoms with E-state index in [1.165, 1.54) is 11.3 Å². The van der Waals surface area contributed by atoms with Crippen LogP contribution in [0.15, 0.2) is 71.9 Å². The van der Waals surface area contributed by atoms with Crippen molar-refractivity contribution in [3.63, 3.8) is 0 Å². The molecule has 1 amide bonds. The third-order valence-corrected chi connectivity index (χ3v) is 5.89. The lowest BCUT2D eigenvalue weighted by molar-refractivity contribution is 0.0791. The first-order chi connectivity index (χ1) is 15.9. The molecular formula is C28H33N3O2. The molecule has 0 fully saturated rings. The van der Waals surface area contributed by atoms with Crippen molar-refractivity contribution in [2.45, 2.75) is 26.8 Å². The summed E-state index contributed by atoms with van der Waals surface area (Å²) in [6.07, 6.45) is 6.16. The van der Waals surface area contributed by atoms with Gasteiger partial charge in [-0.15, -0.1) is 0 Å². The van der Waals surface area contributed by atoms with Crippen LogP contribution in [0, 0.1) is 0 Å². The number of fused-ring (bicyclic) bond motifs is 1. The molecule has 0 radical (unpaired) electrons. The zero-order valence-corrected chi connectivity index (χ0v) is 20.3. The van der Waals surface area contributed by atoms with Crippen molar-refractivity contribution in [3.05, 3.63) is 83.6 Å². The summed E-state index contributed by atoms with van der Waals surface area (Å²) in [4.78, 5) is 21.7. The van der Waals surface area contributed by atoms with Gasteiger partial charge in [0.15, 0.2) is 0 Å². The fraction of sp³-hybridized carbons (Fsp3) is 0.286. The number of nitrogens with zero attached hydrogens (tertiary/aromatic N) is 3. The van der Waals surface area contributed by atoms with Crippen molar-refractivity contribution < 1.29 is 9.53 Å². The average molecular weight is 444 g/mol. The summed E-state index contributed by atoms with van der Waals surface area (Å²) in [5.41, 5.74) is 7.70. The molecule has 0 unspecified atom stereocenters. The van der Waals surface area contributed by atoms with Gasteiger partial charge in [0.1, 0.15) is 5.75 Å². The Labute approximate surface area is 197 Å². The van der Waals surface area contributed by atoms with Crippen LogP contribution in [-0.4, -0.2) is 44.8 Å². The average Bonchev–Trinajstić information content (AvgIpc) is 3.13. The van der Waals surface area contributed by atoms with Crippen LogP contribution in [-0.2, 0) is 13.0 Å². The lowest BCUT2D eigenvalue weighted by Crippen LogP contribution is -2.26. The molecule has 5 heteroatoms. The van der Waals surface area contributed by atoms with Crippen molar-refractivity contribution in [2.24, 2.45) is 4.99 Å². The summed E-state index contributed by atoms with van der Waals surface area (Å²) in [7, 11) is 5.71. The number of carbonyl (C=O) groups is 1. The van der Waals surface area contributed by atoms with E-state index in [-0.39, 0.29) is 5.91 Å². The van der Waals surface area contributed by atoms with Gasteiger partial charge in [-0.25, -0.2) is 0 Å². The number of carbonyl (C=O) groups excluding carboxylic acids is 1. The van der Waals surface area contributed by atoms with Crippen LogP contribution in [0.3, 0.4) is 0 Å². The van der Waals surface area contributed by atoms with Crippen LogP contribution >= 0.6 is 0 Å². The lowest BCUT2D eigenvalue weighted by atomic mass is 9.94. The predicted octanol–water partition coefficient (Wildman–Crippen LogP) is 5.66. The summed E-state index contributed by atoms with van der Waals surface area (Å²) in [6, 6.07) is 10.5. The second-order valence-electron chi connectivity index (χ2n) is 8.20. The van der Waals surface area contributed by atoms with Gasteiger partial charge in [-0.1, -0.05) is 44.4 Å². The minimum Gasteiger partial charge on any atom is -0.496 e. The minimum absolute atomic E-state index is 0.0544. The van der Waals surface area contributed by atoms with Gasteiger partial charge >= 0.3 is 0 Å². The molecule has 1 heterocycles. The van der Waals surface area contributed by atoms with Gasteiger partial charge < -0.3 is 14.5 Å². The SMILES string of the molecule is C=C/C=C(\N=CC)C(=C)CN1Cc2c(-c3ccc(CC)c(N(C)C)c3)ccc(OC)c2C1=O. The van der Waals surface area contributed by atoms with Crippen molar-refractivity contribution in [3.8, 4) is 16.9 Å². The maximum absolute atomic E-state index is 13.4. The number of rotatable bonds is 9. The van der Waals surface area contributed by atoms with E-state index in [0.717, 1.165) is 28.7 Å². The van der Waals surface area contributed by atoms with Crippen LogP contribution in [0.4, 0.5) is 5.69 Å². The molecular weight excluding hydrogens is 410 g/mol. The smallest absolute Gasteiger partial charge is 0.258 e. The maximum atomic E-state index is 13.4. The summed E-state index contributed by atoms with van der Waals surface area (Å²) in [6.45, 7) is 12.8. The number of methoxy groups -OCH3 is 1. The Bertz CT molecular complexity index is 1140. The van der Waals surface area contributed by atoms with Crippen molar-refractivity contribution in [1.82, 2.24) is 4.90 Å². The quantitative estimate of drug-likeness (QED) is 0.371. The first-order valence-corrected chi connectivity index (χ1v) is 11.2. The van der Waals surface area contributed by atoms with Crippen LogP contribution in [0.1, 0.15) is 35.3 Å². The largest absolute Gasteiger partial charge is 0.496 e. The Morgan fingerprint density at radius 3 is 2.64 bits per heavy atom. The van der Waals surface area contributed by atoms with E-state index in [0.29, 0.717) is 30.1 Å². The van der Waals surface area contributed by atoms with Crippen molar-refractivity contribution >= 4 is 17.8 Å². The number of benzene rings is 2. The number of hydrogen-bond acceptors (Lipinski definition) is 4. The van der Waals surface area contributed by atoms with Gasteiger partial charge in [0, 0.05) is 39.1 Å². The molecule has 0 spiro atoms. The highest BCUT2D eigenvalue weighted by atomic mass is 16.5. The summed E-state index contributed by atoms with van der Waals surface area (Å²) in [5, 5.41) is 0. The van der Waals surface area contributed by atoms with E-state index in [4.69, 9.17) is 4.74 Å². The minimum atomic E-state index is -0.0544. The molecule has 0 bridgehead atoms. The fourth-order valence-electron chi connectivity index (χ4n) is 4.28. The molecule has 5 nitrogen and oxygen atoms in total. The van der Waals surface area contributed by atoms with E-state index < -0.39 is 0 Å². The Morgan fingerprint density at radius 2 is 2.03 bits per heavy atom. The summed E-state index contributed by atoms with van der Waals surface area (Å²) in [5.74, 6) is 0.541. The van der Waals surface area contributed by atoms with Crippen LogP contribution in [0.25, 0.3) is 11.1 Å². The molecule has 33 heavy (non-hydrogen) atoms. The zero-order valence-electron chi connectivity index (χ0n) is 20.3. The monoisotopic (exact) mass is 443 g/mol. The Hall–Kier alpha value is -3.60. The van der Waals surface area contributed by atoms with Gasteiger partial charge in [-0.3, -0.25) is 9.79 Å². The van der Waals surface area contributed by atoms with Crippen molar-refractivity contribution in [1.29, 1.82) is 0 Å². The molecule has 1 aliphatic heterocycles. The fourth-order valence-corrected chi connectivity index (χ4v) is 4.28. The maximum Gasteiger partial charge on any atom is 0.258 e. The van der Waals surface area contributed by atoms with Crippen LogP contribution < -0.4 is 9.64 Å². The second kappa shape index (κ2) is 10.3. The molecule has 0 saturated carbocycles. The highest BCUT2D eigenvalue weighted by molar-refractivity contribution is 6.03. The molecule has 172 valence electrons. The number of allylic oxidation sites excluding steroid dienone is 2. The lowest BCUT2D eigenvalue weighted by Gasteiger charge is -2.19. The van der Waals surface area contributed by atoms with E-state index >= 15 is 0 Å². The van der Waals surface area contributed by atoms with E-state index in [2.05, 4.69) is 62.3 Å². The van der Waals surface area contributed by atoms with E-state index in [1.807, 2.05) is 19.1 Å². The van der Waals surface area contributed by atoms with Gasteiger partial charge in [0.05, 0.1) is 18.4 Å². The summed E-state index contributed by atoms with van der Waals surface area (Å²) < 4.78 is 5.57. The van der Waals surface area contributed by atoms with E-state index in [9.17, 15) is 4.79 Å². The molecule has 1 aliphatic rings. The third kappa shape index (κ3) is 4.77. The number of hydrogen-bond donors (Lipinski definition) is 0. The highest BCUT2D eigenvalue weighted by Crippen LogP contribution is 2.39. The first-order valence-electron chi connectivity index (χ1n) is 11.2. The third-order valence-electron chi connectivity index (χ3n) is 5.89. The van der Waals surface area contributed by atoms with Gasteiger partial charge in [0.2, 0.25) is 0 Å². The van der Waals surface area contributed by atoms with Crippen LogP contribution in [0.2, 0.25) is 0 Å². The van der Waals surface area contributed by atoms with Crippen LogP contribution in [0.5, 0.6) is 5.75 Å². The normalized spacial score (nSPS) is 13.4. The molecule has 0 N–H and O–H groups in total. The molecule has 0 atom stereocenters.